The predicted molar refractivity (Wildman–Crippen MR) is 72.1 cm³/mol. The van der Waals surface area contributed by atoms with Gasteiger partial charge >= 0.3 is 12.3 Å². The summed E-state index contributed by atoms with van der Waals surface area (Å²) in [6, 6.07) is 8.73. The van der Waals surface area contributed by atoms with E-state index in [1.807, 2.05) is 0 Å². The molecule has 0 aliphatic rings. The van der Waals surface area contributed by atoms with Gasteiger partial charge in [-0.15, -0.1) is 0 Å². The summed E-state index contributed by atoms with van der Waals surface area (Å²) in [7, 11) is 1.35. The van der Waals surface area contributed by atoms with E-state index in [9.17, 15) is 18.0 Å². The van der Waals surface area contributed by atoms with Crippen molar-refractivity contribution in [3.63, 3.8) is 0 Å². The lowest BCUT2D eigenvalue weighted by Gasteiger charge is -2.25. The molecule has 1 N–H and O–H groups in total. The zero-order chi connectivity index (χ0) is 16.6. The Kier molecular flexibility index (Phi) is 7.13. The third-order valence-electron chi connectivity index (χ3n) is 2.80. The summed E-state index contributed by atoms with van der Waals surface area (Å²) < 4.78 is 46.9. The molecule has 0 saturated carbocycles. The van der Waals surface area contributed by atoms with E-state index in [-0.39, 0.29) is 19.8 Å². The summed E-state index contributed by atoms with van der Waals surface area (Å²) in [6.45, 7) is -1.05. The zero-order valence-electron chi connectivity index (χ0n) is 12.0. The van der Waals surface area contributed by atoms with Crippen LogP contribution in [-0.2, 0) is 16.1 Å². The molecular weight excluding hydrogens is 303 g/mol. The smallest absolute Gasteiger partial charge is 0.416 e. The molecule has 5 nitrogen and oxygen atoms in total. The molecule has 22 heavy (non-hydrogen) atoms. The van der Waals surface area contributed by atoms with Gasteiger partial charge in [-0.25, -0.2) is 4.79 Å². The number of carbonyl (C=O) groups excluding carboxylic acids is 1. The molecule has 0 aromatic heterocycles. The highest BCUT2D eigenvalue weighted by atomic mass is 19.4. The number of nitrogens with zero attached hydrogens (tertiary/aromatic N) is 1. The minimum atomic E-state index is -4.80. The first-order chi connectivity index (χ1) is 10.3. The van der Waals surface area contributed by atoms with Crippen molar-refractivity contribution in [2.45, 2.75) is 18.9 Å². The second kappa shape index (κ2) is 8.60. The highest BCUT2D eigenvalue weighted by Gasteiger charge is 2.40. The van der Waals surface area contributed by atoms with Gasteiger partial charge in [-0.05, 0) is 5.56 Å². The van der Waals surface area contributed by atoms with E-state index in [0.29, 0.717) is 5.56 Å². The molecule has 1 aromatic carbocycles. The van der Waals surface area contributed by atoms with Crippen LogP contribution in [0.25, 0.3) is 0 Å². The van der Waals surface area contributed by atoms with Crippen LogP contribution in [0.15, 0.2) is 30.3 Å². The van der Waals surface area contributed by atoms with Gasteiger partial charge in [-0.1, -0.05) is 30.3 Å². The van der Waals surface area contributed by atoms with Gasteiger partial charge in [-0.3, -0.25) is 0 Å². The Hall–Kier alpha value is -1.80. The van der Waals surface area contributed by atoms with Crippen molar-refractivity contribution in [3.8, 4) is 0 Å². The van der Waals surface area contributed by atoms with E-state index < -0.39 is 24.9 Å². The van der Waals surface area contributed by atoms with Crippen molar-refractivity contribution >= 4 is 6.09 Å². The molecule has 1 rings (SSSR count). The molecule has 1 aromatic rings. The largest absolute Gasteiger partial charge is 0.445 e. The Bertz CT molecular complexity index is 453. The summed E-state index contributed by atoms with van der Waals surface area (Å²) in [5.41, 5.74) is 0.707. The first-order valence-electron chi connectivity index (χ1n) is 6.54. The highest BCUT2D eigenvalue weighted by molar-refractivity contribution is 5.67. The number of ether oxygens (including phenoxy) is 2. The van der Waals surface area contributed by atoms with Crippen molar-refractivity contribution in [1.29, 1.82) is 0 Å². The fourth-order valence-electron chi connectivity index (χ4n) is 1.58. The summed E-state index contributed by atoms with van der Waals surface area (Å²) in [6.07, 6.45) is -8.37. The molecule has 1 atom stereocenters. The number of halogens is 3. The Morgan fingerprint density at radius 2 is 1.95 bits per heavy atom. The third-order valence-corrected chi connectivity index (χ3v) is 2.80. The van der Waals surface area contributed by atoms with Gasteiger partial charge < -0.3 is 19.5 Å². The lowest BCUT2D eigenvalue weighted by molar-refractivity contribution is -0.207. The normalized spacial score (nSPS) is 12.8. The van der Waals surface area contributed by atoms with Crippen LogP contribution in [-0.4, -0.2) is 55.2 Å². The fraction of sp³-hybridized carbons (Fsp3) is 0.500. The predicted octanol–water partition coefficient (Wildman–Crippen LogP) is 2.19. The molecule has 0 radical (unpaired) electrons. The Balaban J connectivity index is 2.59. The Labute approximate surface area is 126 Å². The number of benzene rings is 1. The van der Waals surface area contributed by atoms with Gasteiger partial charge in [0.25, 0.3) is 0 Å². The number of aliphatic hydroxyl groups excluding tert-OH is 1. The van der Waals surface area contributed by atoms with Crippen LogP contribution in [0.1, 0.15) is 5.56 Å². The van der Waals surface area contributed by atoms with E-state index in [0.717, 1.165) is 4.90 Å². The van der Waals surface area contributed by atoms with Gasteiger partial charge in [0.1, 0.15) is 6.61 Å². The van der Waals surface area contributed by atoms with Crippen molar-refractivity contribution in [2.75, 3.05) is 26.8 Å². The second-order valence-electron chi connectivity index (χ2n) is 4.54. The first kappa shape index (κ1) is 18.2. The standard InChI is InChI=1S/C14H18F3NO4/c1-21-8-7-18(9-12(19)14(15,16)17)13(20)22-10-11-5-3-2-4-6-11/h2-6,12,19H,7-10H2,1H3. The zero-order valence-corrected chi connectivity index (χ0v) is 12.0. The molecule has 0 fully saturated rings. The van der Waals surface area contributed by atoms with E-state index in [4.69, 9.17) is 14.6 Å². The van der Waals surface area contributed by atoms with Crippen LogP contribution in [0.3, 0.4) is 0 Å². The minimum absolute atomic E-state index is 0.0328. The third kappa shape index (κ3) is 6.31. The van der Waals surface area contributed by atoms with Crippen molar-refractivity contribution < 1.29 is 32.5 Å². The molecule has 0 spiro atoms. The molecule has 0 heterocycles. The quantitative estimate of drug-likeness (QED) is 0.836. The minimum Gasteiger partial charge on any atom is -0.445 e. The molecule has 0 bridgehead atoms. The summed E-state index contributed by atoms with van der Waals surface area (Å²) >= 11 is 0. The average Bonchev–Trinajstić information content (AvgIpc) is 2.48. The maximum atomic E-state index is 12.4. The molecule has 124 valence electrons. The van der Waals surface area contributed by atoms with Gasteiger partial charge in [0, 0.05) is 13.7 Å². The van der Waals surface area contributed by atoms with Crippen LogP contribution < -0.4 is 0 Å². The Morgan fingerprint density at radius 1 is 1.32 bits per heavy atom. The number of alkyl halides is 3. The van der Waals surface area contributed by atoms with Crippen molar-refractivity contribution in [3.05, 3.63) is 35.9 Å². The summed E-state index contributed by atoms with van der Waals surface area (Å²) in [5, 5.41) is 9.07. The lowest BCUT2D eigenvalue weighted by Crippen LogP contribution is -2.45. The molecule has 1 unspecified atom stereocenters. The number of aliphatic hydroxyl groups is 1. The topological polar surface area (TPSA) is 59.0 Å². The van der Waals surface area contributed by atoms with Crippen LogP contribution in [0, 0.1) is 0 Å². The molecule has 0 aliphatic heterocycles. The first-order valence-corrected chi connectivity index (χ1v) is 6.54. The average molecular weight is 321 g/mol. The van der Waals surface area contributed by atoms with Gasteiger partial charge in [0.05, 0.1) is 13.2 Å². The fourth-order valence-corrected chi connectivity index (χ4v) is 1.58. The van der Waals surface area contributed by atoms with E-state index in [1.165, 1.54) is 7.11 Å². The molecule has 8 heteroatoms. The number of hydrogen-bond donors (Lipinski definition) is 1. The second-order valence-corrected chi connectivity index (χ2v) is 4.54. The monoisotopic (exact) mass is 321 g/mol. The maximum Gasteiger partial charge on any atom is 0.416 e. The van der Waals surface area contributed by atoms with Crippen LogP contribution in [0.5, 0.6) is 0 Å². The van der Waals surface area contributed by atoms with Gasteiger partial charge in [0.2, 0.25) is 0 Å². The highest BCUT2D eigenvalue weighted by Crippen LogP contribution is 2.21. The molecule has 1 amide bonds. The van der Waals surface area contributed by atoms with E-state index in [1.54, 1.807) is 30.3 Å². The molecule has 0 saturated heterocycles. The summed E-state index contributed by atoms with van der Waals surface area (Å²) in [5.74, 6) is 0. The van der Waals surface area contributed by atoms with Crippen LogP contribution >= 0.6 is 0 Å². The number of rotatable bonds is 7. The van der Waals surface area contributed by atoms with Crippen LogP contribution in [0.4, 0.5) is 18.0 Å². The Morgan fingerprint density at radius 3 is 2.50 bits per heavy atom. The number of hydrogen-bond acceptors (Lipinski definition) is 4. The summed E-state index contributed by atoms with van der Waals surface area (Å²) in [4.78, 5) is 12.6. The number of amides is 1. The molecule has 0 aliphatic carbocycles. The number of methoxy groups -OCH3 is 1. The van der Waals surface area contributed by atoms with Crippen molar-refractivity contribution in [1.82, 2.24) is 4.90 Å². The maximum absolute atomic E-state index is 12.4. The van der Waals surface area contributed by atoms with E-state index >= 15 is 0 Å². The van der Waals surface area contributed by atoms with Crippen molar-refractivity contribution in [2.24, 2.45) is 0 Å². The lowest BCUT2D eigenvalue weighted by atomic mass is 10.2. The van der Waals surface area contributed by atoms with E-state index in [2.05, 4.69) is 0 Å². The molecular formula is C14H18F3NO4. The number of carbonyl (C=O) groups is 1. The SMILES string of the molecule is COCCN(CC(O)C(F)(F)F)C(=O)OCc1ccccc1. The van der Waals surface area contributed by atoms with Crippen LogP contribution in [0.2, 0.25) is 0 Å². The van der Waals surface area contributed by atoms with Gasteiger partial charge in [0.15, 0.2) is 6.10 Å². The van der Waals surface area contributed by atoms with Gasteiger partial charge in [-0.2, -0.15) is 13.2 Å².